The maximum atomic E-state index is 12.8. The van der Waals surface area contributed by atoms with Crippen LogP contribution in [0, 0.1) is 11.7 Å². The van der Waals surface area contributed by atoms with Gasteiger partial charge in [0.15, 0.2) is 0 Å². The van der Waals surface area contributed by atoms with Gasteiger partial charge in [-0.1, -0.05) is 19.8 Å². The van der Waals surface area contributed by atoms with Gasteiger partial charge in [-0.2, -0.15) is 0 Å². The van der Waals surface area contributed by atoms with Gasteiger partial charge >= 0.3 is 0 Å². The molecule has 0 radical (unpaired) electrons. The van der Waals surface area contributed by atoms with E-state index in [-0.39, 0.29) is 18.0 Å². The quantitative estimate of drug-likeness (QED) is 0.846. The molecule has 1 fully saturated rings. The van der Waals surface area contributed by atoms with Crippen LogP contribution in [0.2, 0.25) is 0 Å². The number of hydrogen-bond acceptors (Lipinski definition) is 2. The molecule has 0 heterocycles. The van der Waals surface area contributed by atoms with E-state index < -0.39 is 0 Å². The van der Waals surface area contributed by atoms with Gasteiger partial charge in [-0.25, -0.2) is 4.39 Å². The number of nitrogens with one attached hydrogen (secondary N) is 1. The molecule has 0 saturated heterocycles. The van der Waals surface area contributed by atoms with Crippen molar-refractivity contribution < 1.29 is 9.50 Å². The Hall–Kier alpha value is -1.09. The molecule has 94 valence electrons. The van der Waals surface area contributed by atoms with Crippen LogP contribution in [-0.4, -0.2) is 17.3 Å². The molecule has 1 saturated carbocycles. The lowest BCUT2D eigenvalue weighted by Gasteiger charge is -2.40. The third-order valence-corrected chi connectivity index (χ3v) is 3.65. The number of anilines is 1. The van der Waals surface area contributed by atoms with E-state index in [9.17, 15) is 9.50 Å². The van der Waals surface area contributed by atoms with Crippen molar-refractivity contribution in [3.8, 4) is 0 Å². The normalized spacial score (nSPS) is 29.0. The van der Waals surface area contributed by atoms with Crippen LogP contribution in [0.5, 0.6) is 0 Å². The highest BCUT2D eigenvalue weighted by molar-refractivity contribution is 5.45. The molecule has 2 N–H and O–H groups in total. The summed E-state index contributed by atoms with van der Waals surface area (Å²) < 4.78 is 12.8. The highest BCUT2D eigenvalue weighted by Gasteiger charge is 2.34. The van der Waals surface area contributed by atoms with Crippen LogP contribution < -0.4 is 5.32 Å². The van der Waals surface area contributed by atoms with Crippen molar-refractivity contribution in [3.63, 3.8) is 0 Å². The number of aliphatic hydroxyl groups is 1. The van der Waals surface area contributed by atoms with Gasteiger partial charge in [0.1, 0.15) is 5.82 Å². The van der Waals surface area contributed by atoms with Crippen molar-refractivity contribution in [2.24, 2.45) is 5.92 Å². The van der Waals surface area contributed by atoms with Gasteiger partial charge in [0.25, 0.3) is 0 Å². The average molecular weight is 237 g/mol. The topological polar surface area (TPSA) is 32.3 Å². The molecule has 0 aromatic heterocycles. The van der Waals surface area contributed by atoms with Gasteiger partial charge < -0.3 is 10.4 Å². The van der Waals surface area contributed by atoms with E-state index in [0.29, 0.717) is 5.92 Å². The SMILES string of the molecule is CC1CCCC(CO)(Nc2ccc(F)cc2)C1. The maximum absolute atomic E-state index is 12.8. The Morgan fingerprint density at radius 2 is 2.12 bits per heavy atom. The molecule has 1 aliphatic carbocycles. The fraction of sp³-hybridized carbons (Fsp3) is 0.571. The first-order chi connectivity index (χ1) is 8.13. The van der Waals surface area contributed by atoms with Gasteiger partial charge in [0, 0.05) is 5.69 Å². The lowest BCUT2D eigenvalue weighted by Crippen LogP contribution is -2.45. The third kappa shape index (κ3) is 2.97. The third-order valence-electron chi connectivity index (χ3n) is 3.65. The summed E-state index contributed by atoms with van der Waals surface area (Å²) in [6, 6.07) is 6.34. The van der Waals surface area contributed by atoms with Crippen molar-refractivity contribution >= 4 is 5.69 Å². The molecule has 1 aromatic rings. The summed E-state index contributed by atoms with van der Waals surface area (Å²) >= 11 is 0. The minimum absolute atomic E-state index is 0.134. The van der Waals surface area contributed by atoms with E-state index in [4.69, 9.17) is 0 Å². The molecule has 1 aromatic carbocycles. The highest BCUT2D eigenvalue weighted by Crippen LogP contribution is 2.34. The van der Waals surface area contributed by atoms with Crippen LogP contribution >= 0.6 is 0 Å². The van der Waals surface area contributed by atoms with E-state index in [2.05, 4.69) is 12.2 Å². The van der Waals surface area contributed by atoms with Gasteiger partial charge in [-0.3, -0.25) is 0 Å². The number of benzene rings is 1. The van der Waals surface area contributed by atoms with Crippen LogP contribution in [0.25, 0.3) is 0 Å². The van der Waals surface area contributed by atoms with E-state index in [1.54, 1.807) is 12.1 Å². The van der Waals surface area contributed by atoms with Crippen LogP contribution in [0.15, 0.2) is 24.3 Å². The van der Waals surface area contributed by atoms with E-state index >= 15 is 0 Å². The monoisotopic (exact) mass is 237 g/mol. The van der Waals surface area contributed by atoms with Crippen molar-refractivity contribution in [1.29, 1.82) is 0 Å². The summed E-state index contributed by atoms with van der Waals surface area (Å²) in [5, 5.41) is 13.0. The fourth-order valence-corrected chi connectivity index (χ4v) is 2.80. The molecule has 0 spiro atoms. The lowest BCUT2D eigenvalue weighted by molar-refractivity contribution is 0.149. The Bertz CT molecular complexity index is 365. The molecule has 2 nitrogen and oxygen atoms in total. The van der Waals surface area contributed by atoms with Crippen LogP contribution in [0.1, 0.15) is 32.6 Å². The van der Waals surface area contributed by atoms with E-state index in [0.717, 1.165) is 24.9 Å². The summed E-state index contributed by atoms with van der Waals surface area (Å²) in [4.78, 5) is 0. The smallest absolute Gasteiger partial charge is 0.123 e. The standard InChI is InChI=1S/C14H20FNO/c1-11-3-2-8-14(9-11,10-17)16-13-6-4-12(15)5-7-13/h4-7,11,16-17H,2-3,8-10H2,1H3. The molecule has 0 bridgehead atoms. The molecule has 2 rings (SSSR count). The molecule has 3 heteroatoms. The molecule has 0 amide bonds. The number of halogens is 1. The Kier molecular flexibility index (Phi) is 3.67. The first-order valence-electron chi connectivity index (χ1n) is 6.28. The number of aliphatic hydroxyl groups excluding tert-OH is 1. The van der Waals surface area contributed by atoms with E-state index in [1.165, 1.54) is 18.6 Å². The predicted octanol–water partition coefficient (Wildman–Crippen LogP) is 3.18. The Morgan fingerprint density at radius 3 is 2.71 bits per heavy atom. The highest BCUT2D eigenvalue weighted by atomic mass is 19.1. The Balaban J connectivity index is 2.10. The van der Waals surface area contributed by atoms with Gasteiger partial charge in [-0.15, -0.1) is 0 Å². The second-order valence-corrected chi connectivity index (χ2v) is 5.27. The summed E-state index contributed by atoms with van der Waals surface area (Å²) in [6.07, 6.45) is 4.31. The molecule has 1 aliphatic rings. The molecular formula is C14H20FNO. The second-order valence-electron chi connectivity index (χ2n) is 5.27. The minimum atomic E-state index is -0.231. The van der Waals surface area contributed by atoms with E-state index in [1.807, 2.05) is 0 Å². The zero-order chi connectivity index (χ0) is 12.3. The van der Waals surface area contributed by atoms with Gasteiger partial charge in [-0.05, 0) is 43.0 Å². The largest absolute Gasteiger partial charge is 0.394 e. The lowest BCUT2D eigenvalue weighted by atomic mass is 9.76. The second kappa shape index (κ2) is 5.05. The number of rotatable bonds is 3. The molecular weight excluding hydrogens is 217 g/mol. The maximum Gasteiger partial charge on any atom is 0.123 e. The van der Waals surface area contributed by atoms with Crippen LogP contribution in [0.3, 0.4) is 0 Å². The van der Waals surface area contributed by atoms with Crippen molar-refractivity contribution in [3.05, 3.63) is 30.1 Å². The zero-order valence-electron chi connectivity index (χ0n) is 10.2. The Morgan fingerprint density at radius 1 is 1.41 bits per heavy atom. The fourth-order valence-electron chi connectivity index (χ4n) is 2.80. The molecule has 2 unspecified atom stereocenters. The Labute approximate surface area is 102 Å². The average Bonchev–Trinajstić information content (AvgIpc) is 2.32. The molecule has 2 atom stereocenters. The summed E-state index contributed by atoms with van der Waals surface area (Å²) in [6.45, 7) is 2.35. The first-order valence-corrected chi connectivity index (χ1v) is 6.28. The van der Waals surface area contributed by atoms with Crippen molar-refractivity contribution in [2.45, 2.75) is 38.1 Å². The summed E-state index contributed by atoms with van der Waals surface area (Å²) in [5.74, 6) is 0.398. The summed E-state index contributed by atoms with van der Waals surface area (Å²) in [5.41, 5.74) is 0.657. The summed E-state index contributed by atoms with van der Waals surface area (Å²) in [7, 11) is 0. The van der Waals surface area contributed by atoms with Crippen molar-refractivity contribution in [2.75, 3.05) is 11.9 Å². The molecule has 17 heavy (non-hydrogen) atoms. The predicted molar refractivity (Wildman–Crippen MR) is 67.5 cm³/mol. The number of hydrogen-bond donors (Lipinski definition) is 2. The minimum Gasteiger partial charge on any atom is -0.394 e. The van der Waals surface area contributed by atoms with Crippen LogP contribution in [-0.2, 0) is 0 Å². The van der Waals surface area contributed by atoms with Gasteiger partial charge in [0.05, 0.1) is 12.1 Å². The van der Waals surface area contributed by atoms with Crippen LogP contribution in [0.4, 0.5) is 10.1 Å². The van der Waals surface area contributed by atoms with Gasteiger partial charge in [0.2, 0.25) is 0 Å². The first kappa shape index (κ1) is 12.4. The van der Waals surface area contributed by atoms with Crippen molar-refractivity contribution in [1.82, 2.24) is 0 Å². The molecule has 0 aliphatic heterocycles. The zero-order valence-corrected chi connectivity index (χ0v) is 10.2.